The number of rotatable bonds is 5. The molecule has 0 aliphatic carbocycles. The minimum atomic E-state index is -0.504. The van der Waals surface area contributed by atoms with Gasteiger partial charge in [0.2, 0.25) is 5.91 Å². The van der Waals surface area contributed by atoms with E-state index in [0.29, 0.717) is 30.8 Å². The van der Waals surface area contributed by atoms with E-state index in [4.69, 9.17) is 0 Å². The van der Waals surface area contributed by atoms with Crippen molar-refractivity contribution >= 4 is 23.1 Å². The maximum atomic E-state index is 12.6. The summed E-state index contributed by atoms with van der Waals surface area (Å²) < 4.78 is 0. The number of nitrogens with zero attached hydrogens (tertiary/aromatic N) is 2. The van der Waals surface area contributed by atoms with Gasteiger partial charge in [-0.05, 0) is 18.6 Å². The molecule has 2 aromatic rings. The standard InChI is InChI=1S/C19H19N3O4/c1-2-15-19(24)20-10-11-21(15)16-9-8-14(12-17(16)22(25)26)18(23)13-6-4-3-5-7-13/h3-9,12,15H,2,10-11H2,1H3,(H,20,24). The van der Waals surface area contributed by atoms with Gasteiger partial charge in [-0.3, -0.25) is 19.7 Å². The lowest BCUT2D eigenvalue weighted by molar-refractivity contribution is -0.384. The summed E-state index contributed by atoms with van der Waals surface area (Å²) in [6.07, 6.45) is 0.535. The molecule has 1 amide bonds. The van der Waals surface area contributed by atoms with Crippen LogP contribution < -0.4 is 10.2 Å². The SMILES string of the molecule is CCC1C(=O)NCCN1c1ccc(C(=O)c2ccccc2)cc1[N+](=O)[O-]. The molecule has 2 aromatic carbocycles. The van der Waals surface area contributed by atoms with E-state index in [0.717, 1.165) is 0 Å². The third kappa shape index (κ3) is 3.28. The first-order chi connectivity index (χ1) is 12.5. The lowest BCUT2D eigenvalue weighted by atomic mass is 10.0. The smallest absolute Gasteiger partial charge is 0.293 e. The zero-order valence-electron chi connectivity index (χ0n) is 14.3. The molecule has 0 aromatic heterocycles. The second kappa shape index (κ2) is 7.35. The number of carbonyl (C=O) groups excluding carboxylic acids is 2. The molecule has 3 rings (SSSR count). The van der Waals surface area contributed by atoms with Crippen LogP contribution in [-0.4, -0.2) is 35.7 Å². The second-order valence-corrected chi connectivity index (χ2v) is 6.06. The third-order valence-electron chi connectivity index (χ3n) is 4.50. The van der Waals surface area contributed by atoms with E-state index in [1.54, 1.807) is 47.4 Å². The van der Waals surface area contributed by atoms with Crippen LogP contribution in [0, 0.1) is 10.1 Å². The van der Waals surface area contributed by atoms with Crippen LogP contribution >= 0.6 is 0 Å². The van der Waals surface area contributed by atoms with Crippen LogP contribution in [0.25, 0.3) is 0 Å². The third-order valence-corrected chi connectivity index (χ3v) is 4.50. The summed E-state index contributed by atoms with van der Waals surface area (Å²) in [5, 5.41) is 14.4. The number of hydrogen-bond donors (Lipinski definition) is 1. The van der Waals surface area contributed by atoms with Gasteiger partial charge in [0.25, 0.3) is 5.69 Å². The summed E-state index contributed by atoms with van der Waals surface area (Å²) in [6, 6.07) is 12.6. The average molecular weight is 353 g/mol. The molecule has 1 aliphatic heterocycles. The number of nitro groups is 1. The van der Waals surface area contributed by atoms with Crippen molar-refractivity contribution in [2.45, 2.75) is 19.4 Å². The van der Waals surface area contributed by atoms with Crippen molar-refractivity contribution in [1.29, 1.82) is 0 Å². The minimum Gasteiger partial charge on any atom is -0.353 e. The normalized spacial score (nSPS) is 16.9. The number of piperazine rings is 1. The average Bonchev–Trinajstić information content (AvgIpc) is 2.67. The number of anilines is 1. The van der Waals surface area contributed by atoms with Crippen LogP contribution in [0.15, 0.2) is 48.5 Å². The van der Waals surface area contributed by atoms with Gasteiger partial charge in [0.15, 0.2) is 5.78 Å². The van der Waals surface area contributed by atoms with Gasteiger partial charge in [0.1, 0.15) is 11.7 Å². The van der Waals surface area contributed by atoms with Gasteiger partial charge in [0.05, 0.1) is 4.92 Å². The fourth-order valence-electron chi connectivity index (χ4n) is 3.22. The first-order valence-corrected chi connectivity index (χ1v) is 8.45. The number of benzene rings is 2. The van der Waals surface area contributed by atoms with Crippen molar-refractivity contribution in [3.63, 3.8) is 0 Å². The van der Waals surface area contributed by atoms with E-state index in [1.165, 1.54) is 6.07 Å². The van der Waals surface area contributed by atoms with Crippen molar-refractivity contribution in [1.82, 2.24) is 5.32 Å². The lowest BCUT2D eigenvalue weighted by Gasteiger charge is -2.35. The minimum absolute atomic E-state index is 0.141. The maximum Gasteiger partial charge on any atom is 0.293 e. The molecular weight excluding hydrogens is 334 g/mol. The largest absolute Gasteiger partial charge is 0.353 e. The Kier molecular flexibility index (Phi) is 4.97. The molecular formula is C19H19N3O4. The molecule has 0 radical (unpaired) electrons. The highest BCUT2D eigenvalue weighted by Crippen LogP contribution is 2.32. The maximum absolute atomic E-state index is 12.6. The van der Waals surface area contributed by atoms with E-state index >= 15 is 0 Å². The highest BCUT2D eigenvalue weighted by molar-refractivity contribution is 6.09. The molecule has 0 spiro atoms. The molecule has 1 heterocycles. The molecule has 1 aliphatic rings. The Morgan fingerprint density at radius 3 is 2.62 bits per heavy atom. The fraction of sp³-hybridized carbons (Fsp3) is 0.263. The van der Waals surface area contributed by atoms with Crippen LogP contribution in [0.4, 0.5) is 11.4 Å². The van der Waals surface area contributed by atoms with Gasteiger partial charge in [-0.2, -0.15) is 0 Å². The van der Waals surface area contributed by atoms with Crippen LogP contribution in [0.5, 0.6) is 0 Å². The number of amides is 1. The Morgan fingerprint density at radius 2 is 1.96 bits per heavy atom. The Hall–Kier alpha value is -3.22. The Balaban J connectivity index is 2.01. The van der Waals surface area contributed by atoms with Crippen LogP contribution in [0.1, 0.15) is 29.3 Å². The molecule has 1 saturated heterocycles. The predicted octanol–water partition coefficient (Wildman–Crippen LogP) is 2.54. The van der Waals surface area contributed by atoms with E-state index in [9.17, 15) is 19.7 Å². The van der Waals surface area contributed by atoms with E-state index in [1.807, 2.05) is 6.92 Å². The Labute approximate surface area is 150 Å². The number of carbonyl (C=O) groups is 2. The van der Waals surface area contributed by atoms with E-state index < -0.39 is 11.0 Å². The molecule has 26 heavy (non-hydrogen) atoms. The van der Waals surface area contributed by atoms with Gasteiger partial charge in [-0.1, -0.05) is 37.3 Å². The zero-order chi connectivity index (χ0) is 18.7. The first kappa shape index (κ1) is 17.6. The molecule has 0 saturated carbocycles. The van der Waals surface area contributed by atoms with Gasteiger partial charge in [0, 0.05) is 30.3 Å². The summed E-state index contributed by atoms with van der Waals surface area (Å²) in [7, 11) is 0. The molecule has 1 atom stereocenters. The van der Waals surface area contributed by atoms with E-state index in [-0.39, 0.29) is 22.9 Å². The van der Waals surface area contributed by atoms with Crippen molar-refractivity contribution in [2.75, 3.05) is 18.0 Å². The molecule has 1 unspecified atom stereocenters. The van der Waals surface area contributed by atoms with Crippen LogP contribution in [0.3, 0.4) is 0 Å². The van der Waals surface area contributed by atoms with Crippen molar-refractivity contribution in [3.05, 3.63) is 69.8 Å². The second-order valence-electron chi connectivity index (χ2n) is 6.06. The fourth-order valence-corrected chi connectivity index (χ4v) is 3.22. The molecule has 7 nitrogen and oxygen atoms in total. The van der Waals surface area contributed by atoms with Crippen LogP contribution in [0.2, 0.25) is 0 Å². The van der Waals surface area contributed by atoms with E-state index in [2.05, 4.69) is 5.32 Å². The molecule has 7 heteroatoms. The topological polar surface area (TPSA) is 92.6 Å². The molecule has 1 fully saturated rings. The Bertz CT molecular complexity index is 851. The van der Waals surface area contributed by atoms with Crippen molar-refractivity contribution in [3.8, 4) is 0 Å². The van der Waals surface area contributed by atoms with Gasteiger partial charge >= 0.3 is 0 Å². The lowest BCUT2D eigenvalue weighted by Crippen LogP contribution is -2.55. The summed E-state index contributed by atoms with van der Waals surface area (Å²) in [4.78, 5) is 37.5. The highest BCUT2D eigenvalue weighted by Gasteiger charge is 2.32. The quantitative estimate of drug-likeness (QED) is 0.507. The van der Waals surface area contributed by atoms with Crippen molar-refractivity contribution < 1.29 is 14.5 Å². The molecule has 134 valence electrons. The zero-order valence-corrected chi connectivity index (χ0v) is 14.3. The summed E-state index contributed by atoms with van der Waals surface area (Å²) >= 11 is 0. The summed E-state index contributed by atoms with van der Waals surface area (Å²) in [6.45, 7) is 2.77. The Morgan fingerprint density at radius 1 is 1.23 bits per heavy atom. The van der Waals surface area contributed by atoms with Crippen LogP contribution in [-0.2, 0) is 4.79 Å². The number of nitrogens with one attached hydrogen (secondary N) is 1. The predicted molar refractivity (Wildman–Crippen MR) is 97.4 cm³/mol. The first-order valence-electron chi connectivity index (χ1n) is 8.45. The monoisotopic (exact) mass is 353 g/mol. The summed E-state index contributed by atoms with van der Waals surface area (Å²) in [5.74, 6) is -0.416. The van der Waals surface area contributed by atoms with Gasteiger partial charge in [-0.25, -0.2) is 0 Å². The summed E-state index contributed by atoms with van der Waals surface area (Å²) in [5.41, 5.74) is 0.917. The number of hydrogen-bond acceptors (Lipinski definition) is 5. The van der Waals surface area contributed by atoms with Gasteiger partial charge in [-0.15, -0.1) is 0 Å². The van der Waals surface area contributed by atoms with Gasteiger partial charge < -0.3 is 10.2 Å². The molecule has 1 N–H and O–H groups in total. The molecule has 0 bridgehead atoms. The van der Waals surface area contributed by atoms with Crippen molar-refractivity contribution in [2.24, 2.45) is 0 Å². The number of nitro benzene ring substituents is 1. The highest BCUT2D eigenvalue weighted by atomic mass is 16.6. The number of ketones is 1.